The predicted molar refractivity (Wildman–Crippen MR) is 134 cm³/mol. The molecule has 1 aromatic heterocycles. The van der Waals surface area contributed by atoms with Crippen molar-refractivity contribution in [1.29, 1.82) is 0 Å². The van der Waals surface area contributed by atoms with Crippen LogP contribution in [-0.4, -0.2) is 40.2 Å². The standard InChI is InChI=1S/C27H42N4O4/c1-6-7-19(25(28)33)20(12-15(2)3)27(35)30-21-9-8-17-10-11-31-14-18(26(34)29-16(4)5)13-22(32)23(21)24(17)31/h10-11,15-16,18-21,23H,6-9,12-14H2,1-5H3,(H2,28,33)(H,29,34)(H,30,35). The molecule has 5 atom stereocenters. The van der Waals surface area contributed by atoms with Crippen molar-refractivity contribution >= 4 is 23.5 Å². The maximum atomic E-state index is 13.6. The van der Waals surface area contributed by atoms with E-state index in [9.17, 15) is 19.2 Å². The molecule has 0 aromatic carbocycles. The lowest BCUT2D eigenvalue weighted by molar-refractivity contribution is -0.135. The molecule has 8 heteroatoms. The topological polar surface area (TPSA) is 123 Å². The van der Waals surface area contributed by atoms with E-state index in [2.05, 4.69) is 10.6 Å². The van der Waals surface area contributed by atoms with Crippen LogP contribution < -0.4 is 16.4 Å². The van der Waals surface area contributed by atoms with Crippen LogP contribution in [-0.2, 0) is 32.1 Å². The molecule has 1 aliphatic heterocycles. The highest BCUT2D eigenvalue weighted by Crippen LogP contribution is 2.38. The molecule has 0 bridgehead atoms. The smallest absolute Gasteiger partial charge is 0.225 e. The van der Waals surface area contributed by atoms with Crippen molar-refractivity contribution < 1.29 is 19.2 Å². The summed E-state index contributed by atoms with van der Waals surface area (Å²) in [6, 6.07) is 1.66. The van der Waals surface area contributed by atoms with Crippen molar-refractivity contribution in [3.63, 3.8) is 0 Å². The predicted octanol–water partition coefficient (Wildman–Crippen LogP) is 2.68. The maximum Gasteiger partial charge on any atom is 0.225 e. The molecule has 2 heterocycles. The minimum absolute atomic E-state index is 0.00159. The van der Waals surface area contributed by atoms with Crippen LogP contribution in [0, 0.1) is 23.7 Å². The Balaban J connectivity index is 1.87. The van der Waals surface area contributed by atoms with E-state index in [0.717, 1.165) is 24.1 Å². The quantitative estimate of drug-likeness (QED) is 0.470. The molecule has 0 fully saturated rings. The second kappa shape index (κ2) is 11.4. The van der Waals surface area contributed by atoms with Gasteiger partial charge < -0.3 is 20.9 Å². The Bertz CT molecular complexity index is 951. The minimum Gasteiger partial charge on any atom is -0.369 e. The van der Waals surface area contributed by atoms with Crippen LogP contribution in [0.2, 0.25) is 0 Å². The highest BCUT2D eigenvalue weighted by atomic mass is 16.2. The summed E-state index contributed by atoms with van der Waals surface area (Å²) in [7, 11) is 0. The van der Waals surface area contributed by atoms with E-state index in [1.807, 2.05) is 51.4 Å². The lowest BCUT2D eigenvalue weighted by Gasteiger charge is -2.34. The highest BCUT2D eigenvalue weighted by molar-refractivity contribution is 5.93. The highest BCUT2D eigenvalue weighted by Gasteiger charge is 2.43. The van der Waals surface area contributed by atoms with Gasteiger partial charge >= 0.3 is 0 Å². The van der Waals surface area contributed by atoms with E-state index in [1.54, 1.807) is 0 Å². The van der Waals surface area contributed by atoms with Gasteiger partial charge in [0.1, 0.15) is 5.78 Å². The number of amides is 3. The van der Waals surface area contributed by atoms with Crippen molar-refractivity contribution in [2.75, 3.05) is 0 Å². The van der Waals surface area contributed by atoms with E-state index < -0.39 is 29.6 Å². The SMILES string of the molecule is CCCC(C(N)=O)C(CC(C)C)C(=O)NC1CCc2ccn3c2C1C(=O)CC(C(=O)NC(C)C)C3. The second-order valence-electron chi connectivity index (χ2n) is 11.1. The van der Waals surface area contributed by atoms with Crippen LogP contribution in [0.4, 0.5) is 0 Å². The second-order valence-corrected chi connectivity index (χ2v) is 11.1. The molecule has 8 nitrogen and oxygen atoms in total. The normalized spacial score (nSPS) is 23.4. The Morgan fingerprint density at radius 2 is 1.89 bits per heavy atom. The zero-order chi connectivity index (χ0) is 25.9. The molecule has 0 saturated heterocycles. The number of hydrogen-bond donors (Lipinski definition) is 3. The molecule has 0 radical (unpaired) electrons. The molecule has 1 aromatic rings. The molecule has 0 spiro atoms. The van der Waals surface area contributed by atoms with Gasteiger partial charge in [0, 0.05) is 48.8 Å². The van der Waals surface area contributed by atoms with E-state index >= 15 is 0 Å². The number of ketones is 1. The number of aromatic nitrogens is 1. The summed E-state index contributed by atoms with van der Waals surface area (Å²) in [6.45, 7) is 10.3. The van der Waals surface area contributed by atoms with Gasteiger partial charge in [-0.15, -0.1) is 0 Å². The van der Waals surface area contributed by atoms with Gasteiger partial charge in [0.15, 0.2) is 0 Å². The number of aryl methyl sites for hydroxylation is 1. The first-order chi connectivity index (χ1) is 16.5. The molecule has 4 N–H and O–H groups in total. The van der Waals surface area contributed by atoms with Gasteiger partial charge in [0.25, 0.3) is 0 Å². The van der Waals surface area contributed by atoms with Crippen LogP contribution >= 0.6 is 0 Å². The van der Waals surface area contributed by atoms with Gasteiger partial charge in [-0.25, -0.2) is 0 Å². The van der Waals surface area contributed by atoms with Gasteiger partial charge in [-0.05, 0) is 57.1 Å². The summed E-state index contributed by atoms with van der Waals surface area (Å²) >= 11 is 0. The monoisotopic (exact) mass is 486 g/mol. The van der Waals surface area contributed by atoms with Gasteiger partial charge in [-0.2, -0.15) is 0 Å². The van der Waals surface area contributed by atoms with E-state index in [0.29, 0.717) is 25.8 Å². The summed E-state index contributed by atoms with van der Waals surface area (Å²) in [5.74, 6) is -2.54. The molecular formula is C27H42N4O4. The third-order valence-electron chi connectivity index (χ3n) is 7.37. The number of carbonyl (C=O) groups is 4. The fourth-order valence-corrected chi connectivity index (χ4v) is 5.83. The Morgan fingerprint density at radius 3 is 2.49 bits per heavy atom. The molecule has 35 heavy (non-hydrogen) atoms. The molecule has 1 aliphatic carbocycles. The molecule has 0 saturated carbocycles. The third kappa shape index (κ3) is 6.14. The molecule has 5 unspecified atom stereocenters. The average molecular weight is 487 g/mol. The summed E-state index contributed by atoms with van der Waals surface area (Å²) in [5, 5.41) is 6.10. The first-order valence-corrected chi connectivity index (χ1v) is 13.1. The van der Waals surface area contributed by atoms with Crippen molar-refractivity contribution in [3.05, 3.63) is 23.5 Å². The fourth-order valence-electron chi connectivity index (χ4n) is 5.83. The van der Waals surface area contributed by atoms with Gasteiger partial charge in [0.2, 0.25) is 17.7 Å². The number of nitrogens with zero attached hydrogens (tertiary/aromatic N) is 1. The number of rotatable bonds is 10. The van der Waals surface area contributed by atoms with E-state index in [4.69, 9.17) is 5.73 Å². The summed E-state index contributed by atoms with van der Waals surface area (Å²) < 4.78 is 2.03. The molecular weight excluding hydrogens is 444 g/mol. The molecule has 3 rings (SSSR count). The lowest BCUT2D eigenvalue weighted by atomic mass is 9.78. The van der Waals surface area contributed by atoms with E-state index in [1.165, 1.54) is 0 Å². The summed E-state index contributed by atoms with van der Waals surface area (Å²) in [4.78, 5) is 52.2. The Labute approximate surface area is 208 Å². The minimum atomic E-state index is -0.528. The average Bonchev–Trinajstić information content (AvgIpc) is 3.09. The van der Waals surface area contributed by atoms with Crippen LogP contribution in [0.1, 0.15) is 83.9 Å². The first-order valence-electron chi connectivity index (χ1n) is 13.1. The molecule has 3 amide bonds. The number of primary amides is 1. The lowest BCUT2D eigenvalue weighted by Crippen LogP contribution is -2.49. The summed E-state index contributed by atoms with van der Waals surface area (Å²) in [5.41, 5.74) is 7.74. The van der Waals surface area contributed by atoms with Crippen LogP contribution in [0.25, 0.3) is 0 Å². The maximum absolute atomic E-state index is 13.6. The molecule has 2 aliphatic rings. The summed E-state index contributed by atoms with van der Waals surface area (Å²) in [6.07, 6.45) is 5.38. The number of Topliss-reactive ketones (excluding diaryl/α,β-unsaturated/α-hetero) is 1. The fraction of sp³-hybridized carbons (Fsp3) is 0.704. The largest absolute Gasteiger partial charge is 0.369 e. The van der Waals surface area contributed by atoms with Crippen molar-refractivity contribution in [1.82, 2.24) is 15.2 Å². The van der Waals surface area contributed by atoms with Gasteiger partial charge in [-0.3, -0.25) is 19.2 Å². The van der Waals surface area contributed by atoms with E-state index in [-0.39, 0.29) is 42.0 Å². The Morgan fingerprint density at radius 1 is 1.17 bits per heavy atom. The molecule has 194 valence electrons. The van der Waals surface area contributed by atoms with Crippen LogP contribution in [0.5, 0.6) is 0 Å². The zero-order valence-corrected chi connectivity index (χ0v) is 21.8. The number of nitrogens with two attached hydrogens (primary N) is 1. The number of nitrogens with one attached hydrogen (secondary N) is 2. The van der Waals surface area contributed by atoms with Crippen molar-refractivity contribution in [3.8, 4) is 0 Å². The third-order valence-corrected chi connectivity index (χ3v) is 7.37. The zero-order valence-electron chi connectivity index (χ0n) is 21.8. The Kier molecular flexibility index (Phi) is 8.78. The van der Waals surface area contributed by atoms with Crippen molar-refractivity contribution in [2.45, 2.75) is 97.7 Å². The Hall–Kier alpha value is -2.64. The van der Waals surface area contributed by atoms with Gasteiger partial charge in [0.05, 0.1) is 11.8 Å². The first kappa shape index (κ1) is 27.0. The number of hydrogen-bond acceptors (Lipinski definition) is 4. The van der Waals surface area contributed by atoms with Crippen LogP contribution in [0.3, 0.4) is 0 Å². The van der Waals surface area contributed by atoms with Crippen molar-refractivity contribution in [2.24, 2.45) is 29.4 Å². The number of carbonyl (C=O) groups excluding carboxylic acids is 4. The van der Waals surface area contributed by atoms with Gasteiger partial charge in [-0.1, -0.05) is 27.2 Å². The van der Waals surface area contributed by atoms with Crippen LogP contribution in [0.15, 0.2) is 12.3 Å².